The smallest absolute Gasteiger partial charge is 0.407 e. The first-order valence-corrected chi connectivity index (χ1v) is 21.3. The van der Waals surface area contributed by atoms with Gasteiger partial charge in [0.25, 0.3) is 0 Å². The van der Waals surface area contributed by atoms with Gasteiger partial charge in [0.15, 0.2) is 17.9 Å². The summed E-state index contributed by atoms with van der Waals surface area (Å²) in [7, 11) is 6.88. The SMILES string of the molecule is CC[C@H]1OC(=O)[C@H](C)C(=O)[C@H](C)[C@@H](O[C@@H]2O[C@H](C)C[C@H](N(C)C)[C@H]2O)[C@](C)(OC)C[C@@H](C)/C(=C\CC/C=C/c2cncc(-c3ncccn3)c2)[C@H](C)C[C@]1(C)OC(=O)NC. The number of ether oxygens (including phenoxy) is 5. The molecule has 0 radical (unpaired) electrons. The van der Waals surface area contributed by atoms with Crippen molar-refractivity contribution < 1.29 is 43.2 Å². The van der Waals surface area contributed by atoms with Crippen molar-refractivity contribution in [2.45, 2.75) is 142 Å². The number of methoxy groups -OCH3 is 1. The van der Waals surface area contributed by atoms with Crippen molar-refractivity contribution in [3.63, 3.8) is 0 Å². The van der Waals surface area contributed by atoms with Crippen molar-refractivity contribution in [2.24, 2.45) is 23.7 Å². The maximum Gasteiger partial charge on any atom is 0.407 e. The van der Waals surface area contributed by atoms with E-state index in [1.165, 1.54) is 14.0 Å². The summed E-state index contributed by atoms with van der Waals surface area (Å²) in [5, 5.41) is 14.1. The third kappa shape index (κ3) is 12.1. The second-order valence-corrected chi connectivity index (χ2v) is 17.3. The van der Waals surface area contributed by atoms with Gasteiger partial charge in [-0.1, -0.05) is 51.5 Å². The quantitative estimate of drug-likeness (QED) is 0.105. The van der Waals surface area contributed by atoms with Gasteiger partial charge in [-0.05, 0) is 110 Å². The molecule has 332 valence electrons. The molecule has 0 bridgehead atoms. The summed E-state index contributed by atoms with van der Waals surface area (Å²) in [4.78, 5) is 56.2. The zero-order valence-electron chi connectivity index (χ0n) is 37.7. The summed E-state index contributed by atoms with van der Waals surface area (Å²) >= 11 is 0. The number of hydrogen-bond acceptors (Lipinski definition) is 13. The number of carbonyl (C=O) groups is 3. The number of esters is 1. The molecule has 0 aliphatic carbocycles. The van der Waals surface area contributed by atoms with Gasteiger partial charge < -0.3 is 39.0 Å². The molecule has 2 aliphatic rings. The Morgan fingerprint density at radius 3 is 2.32 bits per heavy atom. The Morgan fingerprint density at radius 2 is 1.70 bits per heavy atom. The average molecular weight is 836 g/mol. The number of nitrogens with one attached hydrogen (secondary N) is 1. The van der Waals surface area contributed by atoms with Crippen molar-refractivity contribution in [3.05, 3.63) is 60.2 Å². The van der Waals surface area contributed by atoms with Crippen LogP contribution in [0.4, 0.5) is 4.79 Å². The van der Waals surface area contributed by atoms with Crippen LogP contribution in [0.1, 0.15) is 99.5 Å². The first kappa shape index (κ1) is 48.6. The summed E-state index contributed by atoms with van der Waals surface area (Å²) in [6.45, 7) is 15.0. The minimum Gasteiger partial charge on any atom is -0.458 e. The molecular formula is C46H69N5O9. The second kappa shape index (κ2) is 21.6. The number of alkyl carbamates (subject to hydrolysis) is 1. The van der Waals surface area contributed by atoms with Gasteiger partial charge in [0.1, 0.15) is 23.7 Å². The first-order chi connectivity index (χ1) is 28.4. The molecule has 0 saturated carbocycles. The molecule has 2 fully saturated rings. The number of pyridine rings is 1. The highest BCUT2D eigenvalue weighted by atomic mass is 16.7. The molecular weight excluding hydrogens is 767 g/mol. The number of hydrogen-bond donors (Lipinski definition) is 2. The van der Waals surface area contributed by atoms with Crippen LogP contribution in [0.15, 0.2) is 54.6 Å². The minimum absolute atomic E-state index is 0.132. The predicted octanol–water partition coefficient (Wildman–Crippen LogP) is 6.82. The number of aromatic nitrogens is 3. The van der Waals surface area contributed by atoms with E-state index < -0.39 is 65.5 Å². The zero-order valence-corrected chi connectivity index (χ0v) is 37.7. The van der Waals surface area contributed by atoms with Crippen LogP contribution in [0.3, 0.4) is 0 Å². The molecule has 4 rings (SSSR count). The lowest BCUT2D eigenvalue weighted by Crippen LogP contribution is -2.59. The number of nitrogens with zero attached hydrogens (tertiary/aromatic N) is 4. The minimum atomic E-state index is -1.24. The topological polar surface area (TPSA) is 172 Å². The fourth-order valence-electron chi connectivity index (χ4n) is 8.97. The number of ketones is 1. The lowest BCUT2D eigenvalue weighted by Gasteiger charge is -2.47. The summed E-state index contributed by atoms with van der Waals surface area (Å²) in [5.74, 6) is -2.89. The lowest BCUT2D eigenvalue weighted by atomic mass is 9.73. The Hall–Kier alpha value is -4.08. The van der Waals surface area contributed by atoms with E-state index in [1.54, 1.807) is 51.8 Å². The van der Waals surface area contributed by atoms with Crippen molar-refractivity contribution in [1.82, 2.24) is 25.2 Å². The fraction of sp³-hybridized carbons (Fsp3) is 0.652. The normalized spacial score (nSPS) is 34.3. The third-order valence-corrected chi connectivity index (χ3v) is 12.3. The van der Waals surface area contributed by atoms with Gasteiger partial charge in [0.05, 0.1) is 17.8 Å². The van der Waals surface area contributed by atoms with Crippen LogP contribution >= 0.6 is 0 Å². The molecule has 0 spiro atoms. The lowest BCUT2D eigenvalue weighted by molar-refractivity contribution is -0.295. The zero-order chi connectivity index (χ0) is 44.4. The highest BCUT2D eigenvalue weighted by Crippen LogP contribution is 2.42. The number of cyclic esters (lactones) is 1. The molecule has 2 aromatic rings. The average Bonchev–Trinajstić information content (AvgIpc) is 3.22. The van der Waals surface area contributed by atoms with E-state index in [2.05, 4.69) is 46.3 Å². The second-order valence-electron chi connectivity index (χ2n) is 17.3. The van der Waals surface area contributed by atoms with Gasteiger partial charge in [-0.25, -0.2) is 14.8 Å². The number of Topliss-reactive ketones (excluding diaryl/α,β-unsaturated/α-hetero) is 1. The molecule has 0 unspecified atom stereocenters. The van der Waals surface area contributed by atoms with Crippen LogP contribution in [0.25, 0.3) is 17.5 Å². The van der Waals surface area contributed by atoms with E-state index >= 15 is 0 Å². The van der Waals surface area contributed by atoms with E-state index in [9.17, 15) is 19.5 Å². The van der Waals surface area contributed by atoms with E-state index in [1.807, 2.05) is 51.9 Å². The fourth-order valence-corrected chi connectivity index (χ4v) is 8.97. The van der Waals surface area contributed by atoms with Crippen LogP contribution in [0.2, 0.25) is 0 Å². The van der Waals surface area contributed by atoms with E-state index in [-0.39, 0.29) is 24.0 Å². The molecule has 60 heavy (non-hydrogen) atoms. The molecule has 14 nitrogen and oxygen atoms in total. The van der Waals surface area contributed by atoms with Gasteiger partial charge in [0.2, 0.25) is 0 Å². The highest BCUT2D eigenvalue weighted by Gasteiger charge is 2.50. The van der Waals surface area contributed by atoms with Gasteiger partial charge in [-0.15, -0.1) is 0 Å². The van der Waals surface area contributed by atoms with Crippen LogP contribution in [0, 0.1) is 23.7 Å². The molecule has 14 heteroatoms. The monoisotopic (exact) mass is 836 g/mol. The maximum atomic E-state index is 14.4. The van der Waals surface area contributed by atoms with E-state index in [0.717, 1.165) is 23.1 Å². The van der Waals surface area contributed by atoms with Gasteiger partial charge in [-0.2, -0.15) is 0 Å². The van der Waals surface area contributed by atoms with Crippen LogP contribution in [-0.2, 0) is 33.3 Å². The number of allylic oxidation sites excluding steroid dienone is 3. The van der Waals surface area contributed by atoms with Gasteiger partial charge in [-0.3, -0.25) is 14.6 Å². The molecule has 12 atom stereocenters. The number of likely N-dealkylation sites (N-methyl/N-ethyl adjacent to an activating group) is 1. The maximum absolute atomic E-state index is 14.4. The number of carbonyl (C=O) groups excluding carboxylic acids is 3. The molecule has 2 N–H and O–H groups in total. The molecule has 2 aliphatic heterocycles. The first-order valence-electron chi connectivity index (χ1n) is 21.3. The third-order valence-electron chi connectivity index (χ3n) is 12.3. The van der Waals surface area contributed by atoms with Gasteiger partial charge in [0, 0.05) is 56.5 Å². The molecule has 2 aromatic heterocycles. The number of unbranched alkanes of at least 4 members (excludes halogenated alkanes) is 1. The van der Waals surface area contributed by atoms with Crippen molar-refractivity contribution >= 4 is 23.9 Å². The number of aliphatic hydroxyl groups excluding tert-OH is 1. The highest BCUT2D eigenvalue weighted by molar-refractivity contribution is 6.00. The van der Waals surface area contributed by atoms with Crippen LogP contribution in [0.5, 0.6) is 0 Å². The predicted molar refractivity (Wildman–Crippen MR) is 229 cm³/mol. The number of amides is 1. The summed E-state index contributed by atoms with van der Waals surface area (Å²) < 4.78 is 31.5. The Morgan fingerprint density at radius 1 is 1.03 bits per heavy atom. The summed E-state index contributed by atoms with van der Waals surface area (Å²) in [5.41, 5.74) is 0.486. The van der Waals surface area contributed by atoms with Gasteiger partial charge >= 0.3 is 12.1 Å². The Kier molecular flexibility index (Phi) is 17.5. The Bertz CT molecular complexity index is 1790. The van der Waals surface area contributed by atoms with Crippen LogP contribution in [-0.4, -0.2) is 119 Å². The number of rotatable bonds is 11. The largest absolute Gasteiger partial charge is 0.458 e. The van der Waals surface area contributed by atoms with E-state index in [0.29, 0.717) is 37.9 Å². The number of aliphatic hydroxyl groups is 1. The summed E-state index contributed by atoms with van der Waals surface area (Å²) in [6.07, 6.45) is 11.6. The summed E-state index contributed by atoms with van der Waals surface area (Å²) in [6, 6.07) is 3.53. The molecule has 4 heterocycles. The Balaban J connectivity index is 1.75. The van der Waals surface area contributed by atoms with Crippen molar-refractivity contribution in [1.29, 1.82) is 0 Å². The standard InChI is InChI=1S/C46H69N5O9/c1-13-37-45(7,60-44(55)47-9)24-28(2)35(19-16-14-15-18-33-23-34(27-48-26-33)41-49-20-17-21-50-41)29(3)25-46(8,56-12)40(31(5)38(52)32(6)42(54)58-37)59-43-39(53)36(51(10)11)22-30(4)57-43/h15,17-21,23,26-32,36-37,39-40,43,53H,13-14,16,22,24-25H2,1-12H3,(H,47,55)/b18-15+,35-19-/t28-,29-,30-,31+,32-,36+,37-,39-,40-,43+,45+,46-/m1/s1. The molecule has 0 aromatic carbocycles. The van der Waals surface area contributed by atoms with Crippen molar-refractivity contribution in [2.75, 3.05) is 28.3 Å². The Labute approximate surface area is 356 Å². The molecule has 1 amide bonds. The molecule has 2 saturated heterocycles. The van der Waals surface area contributed by atoms with E-state index in [4.69, 9.17) is 23.7 Å². The van der Waals surface area contributed by atoms with Crippen LogP contribution < -0.4 is 5.32 Å². The van der Waals surface area contributed by atoms with Crippen molar-refractivity contribution in [3.8, 4) is 11.4 Å².